The van der Waals surface area contributed by atoms with Crippen molar-refractivity contribution < 1.29 is 23.0 Å². The number of fused-ring (bicyclic) bond motifs is 1. The summed E-state index contributed by atoms with van der Waals surface area (Å²) in [5, 5.41) is 6.76. The molecule has 11 heteroatoms. The van der Waals surface area contributed by atoms with E-state index in [0.29, 0.717) is 52.5 Å². The Morgan fingerprint density at radius 3 is 2.56 bits per heavy atom. The maximum atomic E-state index is 13.6. The summed E-state index contributed by atoms with van der Waals surface area (Å²) in [6, 6.07) is 11.6. The van der Waals surface area contributed by atoms with Gasteiger partial charge in [0.05, 0.1) is 31.1 Å². The monoisotopic (exact) mass is 536 g/mol. The van der Waals surface area contributed by atoms with Gasteiger partial charge in [-0.25, -0.2) is 13.8 Å². The van der Waals surface area contributed by atoms with E-state index < -0.39 is 11.6 Å². The van der Waals surface area contributed by atoms with E-state index >= 15 is 0 Å². The third-order valence-electron chi connectivity index (χ3n) is 6.71. The fraction of sp³-hybridized carbons (Fsp3) is 0.321. The molecule has 1 saturated carbocycles. The summed E-state index contributed by atoms with van der Waals surface area (Å²) in [5.41, 5.74) is 1.66. The van der Waals surface area contributed by atoms with E-state index in [9.17, 15) is 8.78 Å². The van der Waals surface area contributed by atoms with Gasteiger partial charge in [-0.15, -0.1) is 0 Å². The molecule has 2 aromatic heterocycles. The number of hydrogen-bond donors (Lipinski definition) is 2. The molecule has 4 aromatic rings. The van der Waals surface area contributed by atoms with Crippen molar-refractivity contribution in [3.8, 4) is 11.5 Å². The molecule has 39 heavy (non-hydrogen) atoms. The summed E-state index contributed by atoms with van der Waals surface area (Å²) in [6.07, 6.45) is 5.18. The van der Waals surface area contributed by atoms with Crippen LogP contribution < -0.4 is 20.1 Å². The number of aromatic nitrogens is 3. The second kappa shape index (κ2) is 11.7. The molecular weight excluding hydrogens is 506 g/mol. The molecule has 2 aromatic carbocycles. The lowest BCUT2D eigenvalue weighted by Gasteiger charge is -2.41. The molecule has 0 spiro atoms. The van der Waals surface area contributed by atoms with Crippen molar-refractivity contribution >= 4 is 34.0 Å². The van der Waals surface area contributed by atoms with Crippen LogP contribution in [0.1, 0.15) is 12.8 Å². The number of likely N-dealkylation sites (N-methyl/N-ethyl adjacent to an activating group) is 1. The van der Waals surface area contributed by atoms with Crippen LogP contribution in [0.5, 0.6) is 11.5 Å². The van der Waals surface area contributed by atoms with Crippen molar-refractivity contribution in [3.05, 3.63) is 66.5 Å². The van der Waals surface area contributed by atoms with Crippen LogP contribution in [0, 0.1) is 11.6 Å². The number of nitrogens with zero attached hydrogens (tertiary/aromatic N) is 4. The van der Waals surface area contributed by atoms with Gasteiger partial charge >= 0.3 is 0 Å². The Morgan fingerprint density at radius 2 is 1.77 bits per heavy atom. The van der Waals surface area contributed by atoms with Crippen molar-refractivity contribution in [2.45, 2.75) is 25.0 Å². The van der Waals surface area contributed by atoms with E-state index in [-0.39, 0.29) is 6.10 Å². The Balaban J connectivity index is 1.22. The van der Waals surface area contributed by atoms with Gasteiger partial charge in [0, 0.05) is 61.9 Å². The van der Waals surface area contributed by atoms with Gasteiger partial charge in [-0.3, -0.25) is 4.98 Å². The van der Waals surface area contributed by atoms with Crippen molar-refractivity contribution in [2.75, 3.05) is 45.1 Å². The van der Waals surface area contributed by atoms with Crippen molar-refractivity contribution in [1.82, 2.24) is 19.9 Å². The molecule has 5 rings (SSSR count). The highest BCUT2D eigenvalue weighted by Crippen LogP contribution is 2.36. The lowest BCUT2D eigenvalue weighted by molar-refractivity contribution is 0.0180. The highest BCUT2D eigenvalue weighted by Gasteiger charge is 2.34. The zero-order valence-corrected chi connectivity index (χ0v) is 21.9. The molecule has 204 valence electrons. The molecule has 0 radical (unpaired) electrons. The second-order valence-corrected chi connectivity index (χ2v) is 9.40. The van der Waals surface area contributed by atoms with Gasteiger partial charge in [0.15, 0.2) is 23.1 Å². The Morgan fingerprint density at radius 1 is 0.949 bits per heavy atom. The highest BCUT2D eigenvalue weighted by molar-refractivity contribution is 5.82. The van der Waals surface area contributed by atoms with Gasteiger partial charge in [0.2, 0.25) is 5.95 Å². The summed E-state index contributed by atoms with van der Waals surface area (Å²) in [6.45, 7) is 1.62. The van der Waals surface area contributed by atoms with E-state index in [0.717, 1.165) is 37.2 Å². The maximum Gasteiger partial charge on any atom is 0.229 e. The van der Waals surface area contributed by atoms with E-state index in [1.54, 1.807) is 32.5 Å². The third-order valence-corrected chi connectivity index (χ3v) is 6.71. The second-order valence-electron chi connectivity index (χ2n) is 9.40. The molecule has 9 nitrogen and oxygen atoms in total. The summed E-state index contributed by atoms with van der Waals surface area (Å²) in [5.74, 6) is 0.288. The first-order valence-electron chi connectivity index (χ1n) is 12.6. The molecular formula is C28H30F2N6O3. The minimum absolute atomic E-state index is 0.138. The predicted octanol–water partition coefficient (Wildman–Crippen LogP) is 5.29. The minimum atomic E-state index is -0.934. The Kier molecular flexibility index (Phi) is 7.99. The molecule has 0 atom stereocenters. The summed E-state index contributed by atoms with van der Waals surface area (Å²) < 4.78 is 44.0. The Labute approximate surface area is 225 Å². The van der Waals surface area contributed by atoms with Crippen LogP contribution >= 0.6 is 0 Å². The van der Waals surface area contributed by atoms with E-state index in [1.165, 1.54) is 6.20 Å². The van der Waals surface area contributed by atoms with Crippen LogP contribution in [0.25, 0.3) is 10.9 Å². The molecule has 0 amide bonds. The molecule has 1 aliphatic carbocycles. The average Bonchev–Trinajstić information content (AvgIpc) is 2.90. The highest BCUT2D eigenvalue weighted by atomic mass is 19.2. The zero-order chi connectivity index (χ0) is 27.4. The van der Waals surface area contributed by atoms with Gasteiger partial charge in [-0.05, 0) is 37.4 Å². The van der Waals surface area contributed by atoms with Gasteiger partial charge in [-0.1, -0.05) is 0 Å². The molecule has 0 bridgehead atoms. The molecule has 1 aliphatic rings. The maximum absolute atomic E-state index is 13.6. The van der Waals surface area contributed by atoms with Crippen molar-refractivity contribution in [2.24, 2.45) is 0 Å². The lowest BCUT2D eigenvalue weighted by Crippen LogP contribution is -2.48. The van der Waals surface area contributed by atoms with E-state index in [4.69, 9.17) is 14.2 Å². The smallest absolute Gasteiger partial charge is 0.229 e. The van der Waals surface area contributed by atoms with Crippen LogP contribution in [0.15, 0.2) is 54.9 Å². The first-order chi connectivity index (χ1) is 18.9. The minimum Gasteiger partial charge on any atom is -0.493 e. The van der Waals surface area contributed by atoms with Crippen molar-refractivity contribution in [1.29, 1.82) is 0 Å². The number of ether oxygens (including phenoxy) is 3. The summed E-state index contributed by atoms with van der Waals surface area (Å²) >= 11 is 0. The van der Waals surface area contributed by atoms with Gasteiger partial charge in [0.25, 0.3) is 0 Å². The molecule has 0 unspecified atom stereocenters. The predicted molar refractivity (Wildman–Crippen MR) is 145 cm³/mol. The number of benzene rings is 2. The average molecular weight is 537 g/mol. The van der Waals surface area contributed by atoms with Crippen LogP contribution in [-0.2, 0) is 4.74 Å². The summed E-state index contributed by atoms with van der Waals surface area (Å²) in [4.78, 5) is 15.3. The lowest BCUT2D eigenvalue weighted by atomic mass is 9.88. The van der Waals surface area contributed by atoms with Gasteiger partial charge < -0.3 is 29.7 Å². The Bertz CT molecular complexity index is 1450. The SMILES string of the molecule is COCCN(C)C1CC(Oc2ccc(Nc3nccc(Nc4cnc5cc(F)c(F)cc5c4)n3)cc2OC)C1. The first-order valence-corrected chi connectivity index (χ1v) is 12.6. The first kappa shape index (κ1) is 26.5. The molecule has 1 fully saturated rings. The number of nitrogens with one attached hydrogen (secondary N) is 2. The normalized spacial score (nSPS) is 16.7. The quantitative estimate of drug-likeness (QED) is 0.265. The molecule has 0 saturated heterocycles. The molecule has 2 heterocycles. The molecule has 2 N–H and O–H groups in total. The number of methoxy groups -OCH3 is 2. The van der Waals surface area contributed by atoms with Crippen LogP contribution in [0.4, 0.5) is 31.9 Å². The fourth-order valence-electron chi connectivity index (χ4n) is 4.39. The van der Waals surface area contributed by atoms with Gasteiger partial charge in [-0.2, -0.15) is 4.98 Å². The van der Waals surface area contributed by atoms with Crippen LogP contribution in [0.2, 0.25) is 0 Å². The number of rotatable bonds is 11. The van der Waals surface area contributed by atoms with E-state index in [1.807, 2.05) is 18.2 Å². The fourth-order valence-corrected chi connectivity index (χ4v) is 4.39. The number of anilines is 4. The number of halogens is 2. The third kappa shape index (κ3) is 6.32. The topological polar surface area (TPSA) is 93.7 Å². The van der Waals surface area contributed by atoms with Gasteiger partial charge in [0.1, 0.15) is 11.9 Å². The van der Waals surface area contributed by atoms with Crippen LogP contribution in [0.3, 0.4) is 0 Å². The number of hydrogen-bond acceptors (Lipinski definition) is 9. The molecule has 0 aliphatic heterocycles. The Hall–Kier alpha value is -4.09. The van der Waals surface area contributed by atoms with E-state index in [2.05, 4.69) is 37.5 Å². The standard InChI is InChI=1S/C28H30F2N6O3/c1-36(8-9-37-2)20-13-21(14-20)39-25-5-4-18(12-26(25)38-3)34-28-31-7-6-27(35-28)33-19-10-17-11-22(29)23(30)15-24(17)32-16-19/h4-7,10-12,15-16,20-21H,8-9,13-14H2,1-3H3,(H2,31,33,34,35). The van der Waals surface area contributed by atoms with Crippen LogP contribution in [-0.4, -0.2) is 66.4 Å². The summed E-state index contributed by atoms with van der Waals surface area (Å²) in [7, 11) is 5.42. The largest absolute Gasteiger partial charge is 0.493 e. The number of pyridine rings is 1. The zero-order valence-electron chi connectivity index (χ0n) is 21.9. The van der Waals surface area contributed by atoms with Crippen molar-refractivity contribution in [3.63, 3.8) is 0 Å².